The van der Waals surface area contributed by atoms with Crippen molar-refractivity contribution < 1.29 is 778 Å². The van der Waals surface area contributed by atoms with Crippen LogP contribution in [0.4, 0.5) is 0 Å². The molecule has 0 fully saturated rings. The van der Waals surface area contributed by atoms with E-state index in [1.807, 2.05) is 0 Å². The Labute approximate surface area is 759 Å². The van der Waals surface area contributed by atoms with E-state index in [4.69, 9.17) is 0 Å². The van der Waals surface area contributed by atoms with E-state index in [1.54, 1.807) is 0 Å². The normalized spacial score (nSPS) is 0. The minimum Gasteiger partial charge on any atom is -2.00 e. The molecule has 0 aromatic rings. The van der Waals surface area contributed by atoms with Gasteiger partial charge in [0.1, 0.15) is 0 Å². The molecule has 0 saturated heterocycles. The second kappa shape index (κ2) is 1920. The van der Waals surface area contributed by atoms with E-state index in [9.17, 15) is 0 Å². The molecule has 0 spiro atoms. The van der Waals surface area contributed by atoms with Gasteiger partial charge >= 0.3 is 286 Å². The Balaban J connectivity index is 0. The van der Waals surface area contributed by atoms with Gasteiger partial charge in [-0.3, -0.25) is 0 Å². The van der Waals surface area contributed by atoms with Gasteiger partial charge in [-0.05, 0) is 0 Å². The summed E-state index contributed by atoms with van der Waals surface area (Å²) >= 11 is 0. The zero-order valence-corrected chi connectivity index (χ0v) is 69.9. The second-order valence-electron chi connectivity index (χ2n) is 0. The molecule has 429 valence electrons. The van der Waals surface area contributed by atoms with Crippen molar-refractivity contribution in [1.82, 2.24) is 0 Å². The summed E-state index contributed by atoms with van der Waals surface area (Å²) in [6, 6.07) is 0. The summed E-state index contributed by atoms with van der Waals surface area (Å²) in [5.74, 6) is 0. The van der Waals surface area contributed by atoms with Crippen molar-refractivity contribution in [2.45, 2.75) is 0 Å². The molecule has 0 rings (SSSR count). The van der Waals surface area contributed by atoms with Gasteiger partial charge in [0.05, 0.1) is 0 Å². The van der Waals surface area contributed by atoms with Crippen molar-refractivity contribution in [2.24, 2.45) is 0 Å². The Morgan fingerprint density at radius 3 is 0.0952 bits per heavy atom. The molecule has 0 bridgehead atoms. The van der Waals surface area contributed by atoms with Crippen molar-refractivity contribution in [3.05, 3.63) is 0 Å². The van der Waals surface area contributed by atoms with Gasteiger partial charge in [-0.25, -0.2) is 0 Å². The summed E-state index contributed by atoms with van der Waals surface area (Å²) in [5, 5.41) is 0. The first-order chi connectivity index (χ1) is 0. The predicted octanol–water partition coefficient (Wildman–Crippen LogP) is -28.3. The molecule has 0 aliphatic heterocycles. The van der Waals surface area contributed by atoms with Gasteiger partial charge in [0.2, 0.25) is 0 Å². The average molecular weight is 1970 g/mol. The molecule has 63 heavy (non-hydrogen) atoms. The molecule has 0 aliphatic carbocycles. The van der Waals surface area contributed by atoms with Gasteiger partial charge in [0.15, 0.2) is 0 Å². The predicted molar refractivity (Wildman–Crippen MR) is 51.4 cm³/mol. The van der Waals surface area contributed by atoms with Crippen LogP contribution in [0.15, 0.2) is 0 Å². The summed E-state index contributed by atoms with van der Waals surface area (Å²) in [4.78, 5) is 0. The fraction of sp³-hybridized carbons (Fsp3) is 0. The Morgan fingerprint density at radius 1 is 0.0952 bits per heavy atom. The minimum atomic E-state index is 0. The average Bonchev–Trinajstić information content (AvgIpc) is 0. The summed E-state index contributed by atoms with van der Waals surface area (Å²) in [5.41, 5.74) is 0. The molecule has 0 atom stereocenters. The Bertz CT molecular complexity index is 84.5. The maximum absolute atomic E-state index is 0. The number of hydrogen-bond donors (Lipinski definition) is 0. The second-order valence-corrected chi connectivity index (χ2v) is 0. The Morgan fingerprint density at radius 2 is 0.0952 bits per heavy atom. The van der Waals surface area contributed by atoms with Gasteiger partial charge in [-0.1, -0.05) is 0 Å². The SMILES string of the molecule is O.O.O.O.O.O.O.[K+].[K+].[K+].[K+].[K+].[Mo].[Mo].[Mo].[Mo].[Mo].[Mo].[Mo].[Mo].[Mo].[Na+].[O-2].[O-2].[O-2].[O-2].[O-2].[O-2].[O-2].[O-2].[O-2].[O-2].[O-2].[O-2].[O-2].[O-2].[O-2].[O-2].[O-2].[O-2].[O-2].[O-2].[O-2].[O-2].[O-2].[O-2].[O-2].[O-2].[O-2].[O-2].[O-2].[O-2].[O-2].[O-2].[O-2].[O-2].[O-2].[O-2].[O-2].[O-2].[V].[V].[V]. The molecule has 3 radical (unpaired) electrons. The number of rotatable bonds is 0. The Kier molecular flexibility index (Phi) is 60700. The molecule has 45 nitrogen and oxygen atoms in total. The summed E-state index contributed by atoms with van der Waals surface area (Å²) in [7, 11) is 0. The van der Waals surface area contributed by atoms with E-state index in [2.05, 4.69) is 0 Å². The summed E-state index contributed by atoms with van der Waals surface area (Å²) in [6.45, 7) is 0. The van der Waals surface area contributed by atoms with Gasteiger partial charge in [-0.2, -0.15) is 0 Å². The van der Waals surface area contributed by atoms with Crippen LogP contribution in [0.5, 0.6) is 0 Å². The van der Waals surface area contributed by atoms with Crippen molar-refractivity contribution in [2.75, 3.05) is 0 Å². The zero-order valence-electron chi connectivity index (χ0n) is 30.0. The van der Waals surface area contributed by atoms with Crippen LogP contribution in [0.2, 0.25) is 0 Å². The molecule has 0 saturated carbocycles. The first kappa shape index (κ1) is 1990. The molecule has 0 heterocycles. The largest absolute Gasteiger partial charge is 2.00 e. The monoisotopic (exact) mass is 1990 g/mol. The third-order valence-corrected chi connectivity index (χ3v) is 0. The molecular weight excluding hydrogens is 1950 g/mol. The molecule has 14 N–H and O–H groups in total. The van der Waals surface area contributed by atoms with E-state index in [0.29, 0.717) is 0 Å². The zero-order chi connectivity index (χ0) is 0. The van der Waals surface area contributed by atoms with Gasteiger partial charge in [0.25, 0.3) is 0 Å². The molecule has 0 aromatic carbocycles. The van der Waals surface area contributed by atoms with Crippen LogP contribution in [0.1, 0.15) is 0 Å². The molecule has 0 unspecified atom stereocenters. The van der Waals surface area contributed by atoms with Crippen LogP contribution in [0, 0.1) is 0 Å². The van der Waals surface area contributed by atoms with Gasteiger partial charge in [-0.15, -0.1) is 0 Å². The standard InChI is InChI=1S/5K.9Mo.Na.7H2O.38O.3V/h;;;;;;;;;;;;;;;7*1H2;;;;;;;;;;;;;;;;;;;;;;;;;;;;;;;;;;;;;;;;;/q5*+1;;;;;;;;;;+1;;;;;;;;38*-2;;;. The Hall–Kier alpha value is 15.3. The van der Waals surface area contributed by atoms with Gasteiger partial charge in [0, 0.05) is 245 Å². The van der Waals surface area contributed by atoms with Crippen LogP contribution >= 0.6 is 0 Å². The smallest absolute Gasteiger partial charge is 1.00 e. The van der Waals surface area contributed by atoms with Crippen LogP contribution in [0.25, 0.3) is 0 Å². The van der Waals surface area contributed by atoms with Gasteiger partial charge < -0.3 is 246 Å². The molecular formula is H14K5Mo9NaO45V3-70. The van der Waals surface area contributed by atoms with E-state index in [0.717, 1.165) is 0 Å². The maximum atomic E-state index is 0. The fourth-order valence-corrected chi connectivity index (χ4v) is 0. The first-order valence-corrected chi connectivity index (χ1v) is 0. The first-order valence-electron chi connectivity index (χ1n) is 0. The number of hydrogen-bond acceptors (Lipinski definition) is 0. The van der Waals surface area contributed by atoms with Crippen LogP contribution < -0.4 is 286 Å². The van der Waals surface area contributed by atoms with Crippen molar-refractivity contribution in [1.29, 1.82) is 0 Å². The molecule has 0 aliphatic rings. The maximum Gasteiger partial charge on any atom is 1.00 e. The summed E-state index contributed by atoms with van der Waals surface area (Å²) in [6.07, 6.45) is 0. The fourth-order valence-electron chi connectivity index (χ4n) is 0. The third kappa shape index (κ3) is 1870. The van der Waals surface area contributed by atoms with Crippen molar-refractivity contribution in [3.8, 4) is 0 Å². The van der Waals surface area contributed by atoms with E-state index in [1.165, 1.54) is 0 Å². The van der Waals surface area contributed by atoms with Crippen LogP contribution in [-0.2, 0) is 453 Å². The quantitative estimate of drug-likeness (QED) is 0.204. The van der Waals surface area contributed by atoms with E-state index in [-0.39, 0.29) is 778 Å². The molecule has 0 amide bonds. The third-order valence-electron chi connectivity index (χ3n) is 0. The topological polar surface area (TPSA) is 1300 Å². The van der Waals surface area contributed by atoms with Crippen molar-refractivity contribution >= 4 is 0 Å². The molecule has 0 aromatic heterocycles. The van der Waals surface area contributed by atoms with Crippen LogP contribution in [-0.4, -0.2) is 38.3 Å². The van der Waals surface area contributed by atoms with Crippen LogP contribution in [0.3, 0.4) is 0 Å². The van der Waals surface area contributed by atoms with E-state index < -0.39 is 0 Å². The van der Waals surface area contributed by atoms with E-state index >= 15 is 0 Å². The van der Waals surface area contributed by atoms with Crippen molar-refractivity contribution in [3.63, 3.8) is 0 Å². The summed E-state index contributed by atoms with van der Waals surface area (Å²) < 4.78 is 0. The minimum absolute atomic E-state index is 0. The molecule has 63 heteroatoms.